The van der Waals surface area contributed by atoms with Gasteiger partial charge in [0.1, 0.15) is 5.69 Å². The van der Waals surface area contributed by atoms with Crippen LogP contribution in [0.25, 0.3) is 0 Å². The lowest BCUT2D eigenvalue weighted by atomic mass is 9.97. The van der Waals surface area contributed by atoms with Crippen LogP contribution in [0.2, 0.25) is 0 Å². The Morgan fingerprint density at radius 2 is 2.21 bits per heavy atom. The molecule has 1 N–H and O–H groups in total. The molecule has 4 nitrogen and oxygen atoms in total. The van der Waals surface area contributed by atoms with Gasteiger partial charge in [0, 0.05) is 16.2 Å². The van der Waals surface area contributed by atoms with Crippen LogP contribution in [-0.4, -0.2) is 11.5 Å². The molecule has 19 heavy (non-hydrogen) atoms. The maximum Gasteiger partial charge on any atom is 0.293 e. The maximum absolute atomic E-state index is 11.0. The molecular weight excluding hydrogens is 355 g/mol. The van der Waals surface area contributed by atoms with E-state index in [4.69, 9.17) is 0 Å². The number of allylic oxidation sites excluding steroid dienone is 1. The highest BCUT2D eigenvalue weighted by atomic mass is 127. The summed E-state index contributed by atoms with van der Waals surface area (Å²) >= 11 is 2.09. The average Bonchev–Trinajstić information content (AvgIpc) is 2.41. The number of anilines is 1. The molecule has 2 rings (SSSR count). The first kappa shape index (κ1) is 14.3. The van der Waals surface area contributed by atoms with Gasteiger partial charge in [0.25, 0.3) is 5.69 Å². The second kappa shape index (κ2) is 6.88. The number of benzene rings is 1. The summed E-state index contributed by atoms with van der Waals surface area (Å²) in [4.78, 5) is 10.7. The SMILES string of the molecule is O=[N+]([O-])c1cc(I)ccc1NCCC1=CCCCC1. The number of rotatable bonds is 5. The summed E-state index contributed by atoms with van der Waals surface area (Å²) in [5, 5.41) is 14.2. The lowest BCUT2D eigenvalue weighted by Crippen LogP contribution is -2.06. The summed E-state index contributed by atoms with van der Waals surface area (Å²) in [5.74, 6) is 0. The molecule has 1 aromatic carbocycles. The highest BCUT2D eigenvalue weighted by Crippen LogP contribution is 2.27. The molecule has 1 aliphatic carbocycles. The van der Waals surface area contributed by atoms with Gasteiger partial charge in [0.15, 0.2) is 0 Å². The average molecular weight is 372 g/mol. The molecule has 5 heteroatoms. The predicted molar refractivity (Wildman–Crippen MR) is 85.5 cm³/mol. The van der Waals surface area contributed by atoms with E-state index >= 15 is 0 Å². The summed E-state index contributed by atoms with van der Waals surface area (Å²) in [7, 11) is 0. The number of hydrogen-bond donors (Lipinski definition) is 1. The number of nitrogens with one attached hydrogen (secondary N) is 1. The van der Waals surface area contributed by atoms with Crippen molar-refractivity contribution in [1.82, 2.24) is 0 Å². The monoisotopic (exact) mass is 372 g/mol. The van der Waals surface area contributed by atoms with Gasteiger partial charge in [-0.15, -0.1) is 0 Å². The van der Waals surface area contributed by atoms with Gasteiger partial charge in [-0.05, 0) is 66.8 Å². The summed E-state index contributed by atoms with van der Waals surface area (Å²) in [5.41, 5.74) is 2.25. The van der Waals surface area contributed by atoms with E-state index in [1.807, 2.05) is 6.07 Å². The number of hydrogen-bond acceptors (Lipinski definition) is 3. The summed E-state index contributed by atoms with van der Waals surface area (Å²) in [6, 6.07) is 5.27. The molecule has 0 bridgehead atoms. The van der Waals surface area contributed by atoms with E-state index in [2.05, 4.69) is 34.0 Å². The van der Waals surface area contributed by atoms with Gasteiger partial charge >= 0.3 is 0 Å². The van der Waals surface area contributed by atoms with Crippen LogP contribution in [0.5, 0.6) is 0 Å². The van der Waals surface area contributed by atoms with Crippen LogP contribution in [0.3, 0.4) is 0 Å². The Labute approximate surface area is 126 Å². The summed E-state index contributed by atoms with van der Waals surface area (Å²) < 4.78 is 0.879. The second-order valence-electron chi connectivity index (χ2n) is 4.70. The Morgan fingerprint density at radius 3 is 2.89 bits per heavy atom. The molecule has 1 aromatic rings. The minimum Gasteiger partial charge on any atom is -0.379 e. The van der Waals surface area contributed by atoms with Gasteiger partial charge in [0.2, 0.25) is 0 Å². The van der Waals surface area contributed by atoms with Crippen molar-refractivity contribution < 1.29 is 4.92 Å². The van der Waals surface area contributed by atoms with Crippen LogP contribution in [0.15, 0.2) is 29.8 Å². The predicted octanol–water partition coefficient (Wildman–Crippen LogP) is 4.50. The lowest BCUT2D eigenvalue weighted by Gasteiger charge is -2.13. The van der Waals surface area contributed by atoms with Crippen molar-refractivity contribution in [1.29, 1.82) is 0 Å². The molecular formula is C14H17IN2O2. The topological polar surface area (TPSA) is 55.2 Å². The fourth-order valence-corrected chi connectivity index (χ4v) is 2.77. The van der Waals surface area contributed by atoms with Crippen LogP contribution in [0.1, 0.15) is 32.1 Å². The third-order valence-corrected chi connectivity index (χ3v) is 3.97. The molecule has 0 amide bonds. The third-order valence-electron chi connectivity index (χ3n) is 3.30. The van der Waals surface area contributed by atoms with Crippen molar-refractivity contribution in [3.63, 3.8) is 0 Å². The molecule has 0 aliphatic heterocycles. The van der Waals surface area contributed by atoms with Crippen molar-refractivity contribution in [3.05, 3.63) is 43.5 Å². The number of nitrogens with zero attached hydrogens (tertiary/aromatic N) is 1. The molecule has 0 aromatic heterocycles. The molecule has 0 saturated heterocycles. The molecule has 0 radical (unpaired) electrons. The van der Waals surface area contributed by atoms with Crippen LogP contribution in [-0.2, 0) is 0 Å². The second-order valence-corrected chi connectivity index (χ2v) is 5.95. The smallest absolute Gasteiger partial charge is 0.293 e. The van der Waals surface area contributed by atoms with E-state index < -0.39 is 0 Å². The van der Waals surface area contributed by atoms with Gasteiger partial charge in [-0.3, -0.25) is 10.1 Å². The standard InChI is InChI=1S/C14H17IN2O2/c15-12-6-7-13(14(10-12)17(18)19)16-9-8-11-4-2-1-3-5-11/h4,6-7,10,16H,1-3,5,8-9H2. The molecule has 0 fully saturated rings. The quantitative estimate of drug-likeness (QED) is 0.358. The van der Waals surface area contributed by atoms with E-state index in [-0.39, 0.29) is 10.6 Å². The fraction of sp³-hybridized carbons (Fsp3) is 0.429. The van der Waals surface area contributed by atoms with E-state index in [1.165, 1.54) is 31.3 Å². The van der Waals surface area contributed by atoms with E-state index in [1.54, 1.807) is 12.1 Å². The van der Waals surface area contributed by atoms with Gasteiger partial charge in [-0.1, -0.05) is 11.6 Å². The third kappa shape index (κ3) is 4.19. The minimum atomic E-state index is -0.329. The number of nitro groups is 1. The number of nitro benzene ring substituents is 1. The van der Waals surface area contributed by atoms with Gasteiger partial charge in [-0.2, -0.15) is 0 Å². The zero-order valence-electron chi connectivity index (χ0n) is 10.7. The molecule has 0 unspecified atom stereocenters. The molecule has 0 atom stereocenters. The summed E-state index contributed by atoms with van der Waals surface area (Å²) in [6.45, 7) is 0.757. The lowest BCUT2D eigenvalue weighted by molar-refractivity contribution is -0.384. The first-order valence-corrected chi connectivity index (χ1v) is 7.60. The largest absolute Gasteiger partial charge is 0.379 e. The normalized spacial score (nSPS) is 14.9. The Bertz CT molecular complexity index is 500. The molecule has 0 heterocycles. The van der Waals surface area contributed by atoms with Crippen LogP contribution in [0.4, 0.5) is 11.4 Å². The minimum absolute atomic E-state index is 0.157. The van der Waals surface area contributed by atoms with Crippen molar-refractivity contribution in [2.45, 2.75) is 32.1 Å². The zero-order valence-corrected chi connectivity index (χ0v) is 12.9. The fourth-order valence-electron chi connectivity index (χ4n) is 2.29. The molecule has 102 valence electrons. The van der Waals surface area contributed by atoms with Crippen molar-refractivity contribution >= 4 is 34.0 Å². The summed E-state index contributed by atoms with van der Waals surface area (Å²) in [6.07, 6.45) is 8.21. The Morgan fingerprint density at radius 1 is 1.37 bits per heavy atom. The van der Waals surface area contributed by atoms with Gasteiger partial charge in [0.05, 0.1) is 4.92 Å². The highest BCUT2D eigenvalue weighted by molar-refractivity contribution is 14.1. The zero-order chi connectivity index (χ0) is 13.7. The van der Waals surface area contributed by atoms with Crippen molar-refractivity contribution in [2.24, 2.45) is 0 Å². The van der Waals surface area contributed by atoms with Crippen molar-refractivity contribution in [3.8, 4) is 0 Å². The Hall–Kier alpha value is -1.11. The van der Waals surface area contributed by atoms with E-state index in [0.717, 1.165) is 16.5 Å². The van der Waals surface area contributed by atoms with Gasteiger partial charge < -0.3 is 5.32 Å². The van der Waals surface area contributed by atoms with E-state index in [0.29, 0.717) is 5.69 Å². The van der Waals surface area contributed by atoms with Crippen LogP contribution >= 0.6 is 22.6 Å². The first-order chi connectivity index (χ1) is 9.16. The molecule has 0 spiro atoms. The van der Waals surface area contributed by atoms with Crippen LogP contribution in [0, 0.1) is 13.7 Å². The first-order valence-electron chi connectivity index (χ1n) is 6.52. The molecule has 1 aliphatic rings. The van der Waals surface area contributed by atoms with Crippen molar-refractivity contribution in [2.75, 3.05) is 11.9 Å². The Balaban J connectivity index is 1.95. The number of halogens is 1. The highest BCUT2D eigenvalue weighted by Gasteiger charge is 2.13. The van der Waals surface area contributed by atoms with Gasteiger partial charge in [-0.25, -0.2) is 0 Å². The van der Waals surface area contributed by atoms with E-state index in [9.17, 15) is 10.1 Å². The maximum atomic E-state index is 11.0. The van der Waals surface area contributed by atoms with Crippen LogP contribution < -0.4 is 5.32 Å². The molecule has 0 saturated carbocycles. The Kier molecular flexibility index (Phi) is 5.18.